The third-order valence-corrected chi connectivity index (χ3v) is 3.37. The molecule has 6 nitrogen and oxygen atoms in total. The van der Waals surface area contributed by atoms with E-state index >= 15 is 0 Å². The molecule has 1 N–H and O–H groups in total. The van der Waals surface area contributed by atoms with E-state index in [4.69, 9.17) is 0 Å². The molecule has 0 atom stereocenters. The van der Waals surface area contributed by atoms with Gasteiger partial charge in [-0.3, -0.25) is 20.1 Å². The molecule has 0 saturated heterocycles. The molecule has 3 aromatic rings. The Bertz CT molecular complexity index is 806. The van der Waals surface area contributed by atoms with Crippen molar-refractivity contribution in [3.63, 3.8) is 0 Å². The summed E-state index contributed by atoms with van der Waals surface area (Å²) in [6, 6.07) is 12.4. The highest BCUT2D eigenvalue weighted by molar-refractivity contribution is 5.96. The molecule has 0 aliphatic carbocycles. The van der Waals surface area contributed by atoms with Crippen molar-refractivity contribution in [2.24, 2.45) is 0 Å². The van der Waals surface area contributed by atoms with Crippen LogP contribution in [0.5, 0.6) is 0 Å². The maximum Gasteiger partial charge on any atom is 0.278 e. The number of rotatable bonds is 5. The number of hydrogen-bond acceptors (Lipinski definition) is 5. The summed E-state index contributed by atoms with van der Waals surface area (Å²) in [6.07, 6.45) is 4.17. The highest BCUT2D eigenvalue weighted by Crippen LogP contribution is 2.29. The van der Waals surface area contributed by atoms with Gasteiger partial charge < -0.3 is 5.32 Å². The molecule has 3 rings (SSSR count). The first-order valence-corrected chi connectivity index (χ1v) is 6.91. The Morgan fingerprint density at radius 1 is 1.05 bits per heavy atom. The zero-order chi connectivity index (χ0) is 15.4. The van der Waals surface area contributed by atoms with Gasteiger partial charge in [0.25, 0.3) is 5.69 Å². The Morgan fingerprint density at radius 3 is 2.68 bits per heavy atom. The van der Waals surface area contributed by atoms with Gasteiger partial charge in [-0.15, -0.1) is 0 Å². The SMILES string of the molecule is O=[N+]([O-])c1ccc(NCCc2ccccn2)c2ncccc12. The predicted molar refractivity (Wildman–Crippen MR) is 84.8 cm³/mol. The number of fused-ring (bicyclic) bond motifs is 1. The lowest BCUT2D eigenvalue weighted by atomic mass is 10.1. The van der Waals surface area contributed by atoms with E-state index in [-0.39, 0.29) is 10.6 Å². The lowest BCUT2D eigenvalue weighted by molar-refractivity contribution is -0.383. The van der Waals surface area contributed by atoms with Crippen molar-refractivity contribution in [3.05, 3.63) is 70.7 Å². The second-order valence-corrected chi connectivity index (χ2v) is 4.79. The number of nitro groups is 1. The molecule has 110 valence electrons. The number of nitrogens with one attached hydrogen (secondary N) is 1. The Labute approximate surface area is 127 Å². The first-order chi connectivity index (χ1) is 10.8. The van der Waals surface area contributed by atoms with Crippen LogP contribution < -0.4 is 5.32 Å². The second-order valence-electron chi connectivity index (χ2n) is 4.79. The van der Waals surface area contributed by atoms with E-state index in [0.29, 0.717) is 17.4 Å². The lowest BCUT2D eigenvalue weighted by Crippen LogP contribution is -2.07. The average Bonchev–Trinajstić information content (AvgIpc) is 2.55. The van der Waals surface area contributed by atoms with Crippen molar-refractivity contribution >= 4 is 22.3 Å². The summed E-state index contributed by atoms with van der Waals surface area (Å²) < 4.78 is 0. The molecule has 0 radical (unpaired) electrons. The fourth-order valence-corrected chi connectivity index (χ4v) is 2.33. The lowest BCUT2D eigenvalue weighted by Gasteiger charge is -2.09. The van der Waals surface area contributed by atoms with Crippen molar-refractivity contribution in [1.82, 2.24) is 9.97 Å². The van der Waals surface area contributed by atoms with Crippen molar-refractivity contribution in [2.75, 3.05) is 11.9 Å². The maximum absolute atomic E-state index is 11.1. The normalized spacial score (nSPS) is 10.5. The van der Waals surface area contributed by atoms with Crippen LogP contribution in [0.2, 0.25) is 0 Å². The number of hydrogen-bond donors (Lipinski definition) is 1. The molecule has 2 heterocycles. The summed E-state index contributed by atoms with van der Waals surface area (Å²) >= 11 is 0. The smallest absolute Gasteiger partial charge is 0.278 e. The molecule has 0 fully saturated rings. The van der Waals surface area contributed by atoms with E-state index in [1.165, 1.54) is 6.07 Å². The molecular weight excluding hydrogens is 280 g/mol. The summed E-state index contributed by atoms with van der Waals surface area (Å²) in [7, 11) is 0. The molecule has 0 saturated carbocycles. The first kappa shape index (κ1) is 13.9. The summed E-state index contributed by atoms with van der Waals surface area (Å²) in [6.45, 7) is 0.681. The van der Waals surface area contributed by atoms with Crippen molar-refractivity contribution in [1.29, 1.82) is 0 Å². The van der Waals surface area contributed by atoms with Crippen LogP contribution in [0.15, 0.2) is 54.9 Å². The van der Waals surface area contributed by atoms with Crippen LogP contribution in [0.25, 0.3) is 10.9 Å². The molecular formula is C16H14N4O2. The van der Waals surface area contributed by atoms with Gasteiger partial charge in [-0.25, -0.2) is 0 Å². The Hall–Kier alpha value is -3.02. The first-order valence-electron chi connectivity index (χ1n) is 6.91. The van der Waals surface area contributed by atoms with E-state index in [2.05, 4.69) is 15.3 Å². The van der Waals surface area contributed by atoms with E-state index in [1.54, 1.807) is 30.6 Å². The van der Waals surface area contributed by atoms with E-state index in [0.717, 1.165) is 17.8 Å². The zero-order valence-corrected chi connectivity index (χ0v) is 11.8. The van der Waals surface area contributed by atoms with Crippen LogP contribution in [0.4, 0.5) is 11.4 Å². The van der Waals surface area contributed by atoms with Crippen LogP contribution in [-0.4, -0.2) is 21.4 Å². The second kappa shape index (κ2) is 6.17. The molecule has 0 aliphatic heterocycles. The fraction of sp³-hybridized carbons (Fsp3) is 0.125. The number of anilines is 1. The van der Waals surface area contributed by atoms with Crippen molar-refractivity contribution in [3.8, 4) is 0 Å². The van der Waals surface area contributed by atoms with Gasteiger partial charge in [-0.05, 0) is 30.3 Å². The number of nitro benzene ring substituents is 1. The fourth-order valence-electron chi connectivity index (χ4n) is 2.33. The summed E-state index contributed by atoms with van der Waals surface area (Å²) in [5.41, 5.74) is 2.46. The van der Waals surface area contributed by atoms with Gasteiger partial charge in [0.05, 0.1) is 16.0 Å². The molecule has 0 spiro atoms. The quantitative estimate of drug-likeness (QED) is 0.577. The van der Waals surface area contributed by atoms with Crippen LogP contribution in [0, 0.1) is 10.1 Å². The monoisotopic (exact) mass is 294 g/mol. The van der Waals surface area contributed by atoms with Gasteiger partial charge in [0.2, 0.25) is 0 Å². The molecule has 0 bridgehead atoms. The van der Waals surface area contributed by atoms with Gasteiger partial charge in [0, 0.05) is 37.1 Å². The molecule has 1 aromatic carbocycles. The average molecular weight is 294 g/mol. The summed E-state index contributed by atoms with van der Waals surface area (Å²) in [4.78, 5) is 19.2. The van der Waals surface area contributed by atoms with Gasteiger partial charge in [-0.2, -0.15) is 0 Å². The predicted octanol–water partition coefficient (Wildman–Crippen LogP) is 3.19. The molecule has 22 heavy (non-hydrogen) atoms. The van der Waals surface area contributed by atoms with Crippen LogP contribution >= 0.6 is 0 Å². The third-order valence-electron chi connectivity index (χ3n) is 3.37. The number of pyridine rings is 2. The molecule has 2 aromatic heterocycles. The standard InChI is InChI=1S/C16H14N4O2/c21-20(22)15-7-6-14(16-13(15)5-3-10-19-16)18-11-8-12-4-1-2-9-17-12/h1-7,9-10,18H,8,11H2. The van der Waals surface area contributed by atoms with E-state index < -0.39 is 0 Å². The number of nitrogens with zero attached hydrogens (tertiary/aromatic N) is 3. The minimum atomic E-state index is -0.387. The molecule has 0 unspecified atom stereocenters. The summed E-state index contributed by atoms with van der Waals surface area (Å²) in [5, 5.41) is 14.9. The van der Waals surface area contributed by atoms with Crippen LogP contribution in [0.3, 0.4) is 0 Å². The minimum Gasteiger partial charge on any atom is -0.383 e. The summed E-state index contributed by atoms with van der Waals surface area (Å²) in [5.74, 6) is 0. The number of benzene rings is 1. The van der Waals surface area contributed by atoms with Crippen LogP contribution in [0.1, 0.15) is 5.69 Å². The van der Waals surface area contributed by atoms with Gasteiger partial charge in [-0.1, -0.05) is 6.07 Å². The maximum atomic E-state index is 11.1. The Kier molecular flexibility index (Phi) is 3.91. The van der Waals surface area contributed by atoms with Crippen LogP contribution in [-0.2, 0) is 6.42 Å². The van der Waals surface area contributed by atoms with Crippen molar-refractivity contribution < 1.29 is 4.92 Å². The van der Waals surface area contributed by atoms with E-state index in [9.17, 15) is 10.1 Å². The van der Waals surface area contributed by atoms with E-state index in [1.807, 2.05) is 18.2 Å². The topological polar surface area (TPSA) is 81.0 Å². The zero-order valence-electron chi connectivity index (χ0n) is 11.8. The van der Waals surface area contributed by atoms with Gasteiger partial charge in [0.1, 0.15) is 5.52 Å². The van der Waals surface area contributed by atoms with Crippen molar-refractivity contribution in [2.45, 2.75) is 6.42 Å². The Balaban J connectivity index is 1.82. The highest BCUT2D eigenvalue weighted by Gasteiger charge is 2.14. The molecule has 6 heteroatoms. The minimum absolute atomic E-state index is 0.0679. The Morgan fingerprint density at radius 2 is 1.91 bits per heavy atom. The van der Waals surface area contributed by atoms with Gasteiger partial charge >= 0.3 is 0 Å². The molecule has 0 amide bonds. The molecule has 0 aliphatic rings. The third kappa shape index (κ3) is 2.85. The number of non-ortho nitro benzene ring substituents is 1. The largest absolute Gasteiger partial charge is 0.383 e. The highest BCUT2D eigenvalue weighted by atomic mass is 16.6. The van der Waals surface area contributed by atoms with Gasteiger partial charge in [0.15, 0.2) is 0 Å². The number of aromatic nitrogens is 2.